The van der Waals surface area contributed by atoms with Crippen LogP contribution in [0.1, 0.15) is 22.7 Å². The average Bonchev–Trinajstić information content (AvgIpc) is 2.91. The van der Waals surface area contributed by atoms with Crippen molar-refractivity contribution in [2.24, 2.45) is 5.84 Å². The van der Waals surface area contributed by atoms with Crippen molar-refractivity contribution in [1.82, 2.24) is 5.43 Å². The Hall–Kier alpha value is -1.26. The van der Waals surface area contributed by atoms with Gasteiger partial charge in [0.25, 0.3) is 0 Å². The van der Waals surface area contributed by atoms with Gasteiger partial charge in [-0.1, -0.05) is 35.3 Å². The van der Waals surface area contributed by atoms with Crippen molar-refractivity contribution in [2.75, 3.05) is 6.61 Å². The summed E-state index contributed by atoms with van der Waals surface area (Å²) in [5.74, 6) is 6.66. The number of hydrazine groups is 1. The Balaban J connectivity index is 2.03. The van der Waals surface area contributed by atoms with Crippen LogP contribution in [0.25, 0.3) is 0 Å². The van der Waals surface area contributed by atoms with Crippen molar-refractivity contribution in [2.45, 2.75) is 12.5 Å². The highest BCUT2D eigenvalue weighted by Gasteiger charge is 2.19. The summed E-state index contributed by atoms with van der Waals surface area (Å²) >= 11 is 12.3. The van der Waals surface area contributed by atoms with Crippen molar-refractivity contribution in [1.29, 1.82) is 0 Å². The summed E-state index contributed by atoms with van der Waals surface area (Å²) in [7, 11) is 0. The molecule has 0 aliphatic carbocycles. The first-order valence-corrected chi connectivity index (χ1v) is 7.11. The van der Waals surface area contributed by atoms with E-state index >= 15 is 0 Å². The number of ether oxygens (including phenoxy) is 1. The zero-order valence-corrected chi connectivity index (χ0v) is 12.2. The fraction of sp³-hybridized carbons (Fsp3) is 0.200. The monoisotopic (exact) mass is 308 g/mol. The van der Waals surface area contributed by atoms with Crippen LogP contribution >= 0.6 is 23.2 Å². The maximum absolute atomic E-state index is 6.26. The highest BCUT2D eigenvalue weighted by atomic mass is 35.5. The van der Waals surface area contributed by atoms with Gasteiger partial charge in [-0.15, -0.1) is 0 Å². The van der Waals surface area contributed by atoms with Gasteiger partial charge in [-0.25, -0.2) is 5.43 Å². The number of nitrogens with two attached hydrogens (primary N) is 1. The topological polar surface area (TPSA) is 47.3 Å². The highest BCUT2D eigenvalue weighted by molar-refractivity contribution is 6.33. The first-order chi connectivity index (χ1) is 9.69. The van der Waals surface area contributed by atoms with Gasteiger partial charge < -0.3 is 4.74 Å². The number of fused-ring (bicyclic) bond motifs is 1. The summed E-state index contributed by atoms with van der Waals surface area (Å²) in [5, 5.41) is 1.27. The van der Waals surface area contributed by atoms with E-state index in [0.29, 0.717) is 10.0 Å². The third kappa shape index (κ3) is 2.50. The van der Waals surface area contributed by atoms with E-state index in [9.17, 15) is 0 Å². The summed E-state index contributed by atoms with van der Waals surface area (Å²) in [5.41, 5.74) is 5.91. The molecule has 0 radical (unpaired) electrons. The van der Waals surface area contributed by atoms with E-state index in [4.69, 9.17) is 33.8 Å². The molecular formula is C15H14Cl2N2O. The zero-order valence-electron chi connectivity index (χ0n) is 10.7. The number of nitrogens with one attached hydrogen (secondary N) is 1. The van der Waals surface area contributed by atoms with E-state index in [-0.39, 0.29) is 6.04 Å². The minimum atomic E-state index is -0.202. The van der Waals surface area contributed by atoms with E-state index < -0.39 is 0 Å². The van der Waals surface area contributed by atoms with Gasteiger partial charge in [-0.3, -0.25) is 5.84 Å². The van der Waals surface area contributed by atoms with Crippen molar-refractivity contribution in [3.63, 3.8) is 0 Å². The van der Waals surface area contributed by atoms with Gasteiger partial charge in [0.05, 0.1) is 12.6 Å². The summed E-state index contributed by atoms with van der Waals surface area (Å²) in [6, 6.07) is 11.2. The molecule has 1 atom stereocenters. The van der Waals surface area contributed by atoms with Gasteiger partial charge in [0.15, 0.2) is 0 Å². The van der Waals surface area contributed by atoms with Crippen LogP contribution < -0.4 is 16.0 Å². The number of rotatable bonds is 3. The normalized spacial score (nSPS) is 14.8. The smallest absolute Gasteiger partial charge is 0.122 e. The predicted octanol–water partition coefficient (Wildman–Crippen LogP) is 3.48. The molecule has 0 aromatic heterocycles. The molecule has 0 spiro atoms. The molecule has 104 valence electrons. The lowest BCUT2D eigenvalue weighted by Crippen LogP contribution is -2.29. The van der Waals surface area contributed by atoms with Crippen LogP contribution in [0, 0.1) is 0 Å². The van der Waals surface area contributed by atoms with Crippen LogP contribution in [0.5, 0.6) is 5.75 Å². The molecule has 0 bridgehead atoms. The summed E-state index contributed by atoms with van der Waals surface area (Å²) in [6.07, 6.45) is 0.920. The molecule has 0 saturated heterocycles. The van der Waals surface area contributed by atoms with Gasteiger partial charge >= 0.3 is 0 Å². The van der Waals surface area contributed by atoms with Gasteiger partial charge in [-0.05, 0) is 41.0 Å². The molecule has 1 unspecified atom stereocenters. The second-order valence-corrected chi connectivity index (χ2v) is 5.57. The number of hydrogen-bond acceptors (Lipinski definition) is 3. The molecule has 2 aromatic carbocycles. The Morgan fingerprint density at radius 1 is 1.15 bits per heavy atom. The van der Waals surface area contributed by atoms with Crippen molar-refractivity contribution in [3.05, 3.63) is 63.1 Å². The molecule has 3 N–H and O–H groups in total. The molecule has 1 heterocycles. The van der Waals surface area contributed by atoms with E-state index in [0.717, 1.165) is 29.9 Å². The third-order valence-corrected chi connectivity index (χ3v) is 4.06. The zero-order chi connectivity index (χ0) is 14.1. The lowest BCUT2D eigenvalue weighted by molar-refractivity contribution is 0.357. The van der Waals surface area contributed by atoms with Crippen molar-refractivity contribution in [3.8, 4) is 5.75 Å². The van der Waals surface area contributed by atoms with Gasteiger partial charge in [0, 0.05) is 16.5 Å². The van der Waals surface area contributed by atoms with E-state index in [2.05, 4.69) is 11.5 Å². The molecule has 0 fully saturated rings. The van der Waals surface area contributed by atoms with Gasteiger partial charge in [-0.2, -0.15) is 0 Å². The van der Waals surface area contributed by atoms with Crippen molar-refractivity contribution >= 4 is 23.2 Å². The Labute approximate surface area is 127 Å². The lowest BCUT2D eigenvalue weighted by atomic mass is 9.97. The summed E-state index contributed by atoms with van der Waals surface area (Å²) < 4.78 is 5.52. The molecule has 2 aromatic rings. The Bertz CT molecular complexity index is 646. The molecule has 1 aliphatic heterocycles. The highest BCUT2D eigenvalue weighted by Crippen LogP contribution is 2.33. The standard InChI is InChI=1S/C15H14Cl2N2O/c16-11-2-3-13(17)12(8-11)15(19-18)10-1-4-14-9(7-10)5-6-20-14/h1-4,7-8,15,19H,5-6,18H2. The SMILES string of the molecule is NNC(c1ccc2c(c1)CCO2)c1cc(Cl)ccc1Cl. The van der Waals surface area contributed by atoms with Crippen LogP contribution in [0.3, 0.4) is 0 Å². The second-order valence-electron chi connectivity index (χ2n) is 4.73. The largest absolute Gasteiger partial charge is 0.493 e. The molecule has 1 aliphatic rings. The number of benzene rings is 2. The first-order valence-electron chi connectivity index (χ1n) is 6.36. The predicted molar refractivity (Wildman–Crippen MR) is 81.3 cm³/mol. The lowest BCUT2D eigenvalue weighted by Gasteiger charge is -2.19. The molecular weight excluding hydrogens is 295 g/mol. The fourth-order valence-electron chi connectivity index (χ4n) is 2.49. The van der Waals surface area contributed by atoms with Crippen LogP contribution in [-0.2, 0) is 6.42 Å². The van der Waals surface area contributed by atoms with E-state index in [1.54, 1.807) is 12.1 Å². The maximum Gasteiger partial charge on any atom is 0.122 e. The minimum Gasteiger partial charge on any atom is -0.493 e. The molecule has 3 nitrogen and oxygen atoms in total. The number of halogens is 2. The van der Waals surface area contributed by atoms with Crippen LogP contribution in [-0.4, -0.2) is 6.61 Å². The molecule has 0 amide bonds. The third-order valence-electron chi connectivity index (χ3n) is 3.48. The summed E-state index contributed by atoms with van der Waals surface area (Å²) in [4.78, 5) is 0. The molecule has 0 saturated carbocycles. The quantitative estimate of drug-likeness (QED) is 0.674. The van der Waals surface area contributed by atoms with Crippen LogP contribution in [0.4, 0.5) is 0 Å². The Kier molecular flexibility index (Phi) is 3.85. The van der Waals surface area contributed by atoms with E-state index in [1.807, 2.05) is 18.2 Å². The molecule has 20 heavy (non-hydrogen) atoms. The first kappa shape index (κ1) is 13.7. The van der Waals surface area contributed by atoms with Crippen molar-refractivity contribution < 1.29 is 4.74 Å². The van der Waals surface area contributed by atoms with Gasteiger partial charge in [0.1, 0.15) is 5.75 Å². The second kappa shape index (κ2) is 5.62. The Morgan fingerprint density at radius 3 is 2.80 bits per heavy atom. The fourth-order valence-corrected chi connectivity index (χ4v) is 2.89. The molecule has 5 heteroatoms. The Morgan fingerprint density at radius 2 is 2.00 bits per heavy atom. The molecule has 3 rings (SSSR count). The minimum absolute atomic E-state index is 0.202. The summed E-state index contributed by atoms with van der Waals surface area (Å²) in [6.45, 7) is 0.734. The van der Waals surface area contributed by atoms with Crippen LogP contribution in [0.15, 0.2) is 36.4 Å². The average molecular weight is 309 g/mol. The van der Waals surface area contributed by atoms with Gasteiger partial charge in [0.2, 0.25) is 0 Å². The maximum atomic E-state index is 6.26. The van der Waals surface area contributed by atoms with Crippen LogP contribution in [0.2, 0.25) is 10.0 Å². The van der Waals surface area contributed by atoms with E-state index in [1.165, 1.54) is 5.56 Å². The number of hydrogen-bond donors (Lipinski definition) is 2.